The van der Waals surface area contributed by atoms with Crippen LogP contribution in [0.1, 0.15) is 42.9 Å². The van der Waals surface area contributed by atoms with Gasteiger partial charge in [-0.15, -0.1) is 0 Å². The highest BCUT2D eigenvalue weighted by atomic mass is 35.5. The summed E-state index contributed by atoms with van der Waals surface area (Å²) in [7, 11) is 0. The average Bonchev–Trinajstić information content (AvgIpc) is 3.51. The number of anilines is 4. The number of hydrogen-bond acceptors (Lipinski definition) is 9. The standard InChI is InChI=1S/C26H31ClN8S/c27-21-19(5-8-31-23(21)29)36-25-24(30)33-20(15-32-25)35-11-6-26(7-12-35)14-16-3-4-17(13-18(16)22(26)28)34-9-1-2-10-34/h3-5,8,13,15,22H,1-2,6-7,9-12,14,28H2,(H2,29,31)(H2,30,33). The van der Waals surface area contributed by atoms with Gasteiger partial charge in [0.05, 0.1) is 11.2 Å². The van der Waals surface area contributed by atoms with Crippen molar-refractivity contribution in [3.63, 3.8) is 0 Å². The molecule has 3 aliphatic rings. The van der Waals surface area contributed by atoms with Gasteiger partial charge in [0.2, 0.25) is 0 Å². The van der Waals surface area contributed by atoms with E-state index in [2.05, 4.69) is 43.0 Å². The van der Waals surface area contributed by atoms with Gasteiger partial charge in [0, 0.05) is 49.0 Å². The first-order valence-corrected chi connectivity index (χ1v) is 13.7. The maximum Gasteiger partial charge on any atom is 0.158 e. The predicted octanol–water partition coefficient (Wildman–Crippen LogP) is 4.28. The molecule has 6 rings (SSSR count). The minimum Gasteiger partial charge on any atom is -0.382 e. The minimum atomic E-state index is 0.0738. The number of hydrogen-bond donors (Lipinski definition) is 3. The van der Waals surface area contributed by atoms with Gasteiger partial charge >= 0.3 is 0 Å². The largest absolute Gasteiger partial charge is 0.382 e. The van der Waals surface area contributed by atoms with Gasteiger partial charge in [-0.25, -0.2) is 15.0 Å². The molecule has 1 unspecified atom stereocenters. The zero-order valence-corrected chi connectivity index (χ0v) is 21.7. The van der Waals surface area contributed by atoms with Crippen molar-refractivity contribution in [2.24, 2.45) is 11.1 Å². The second-order valence-corrected chi connectivity index (χ2v) is 11.5. The fraction of sp³-hybridized carbons (Fsp3) is 0.423. The Morgan fingerprint density at radius 1 is 0.972 bits per heavy atom. The van der Waals surface area contributed by atoms with Crippen molar-refractivity contribution in [1.82, 2.24) is 15.0 Å². The Kier molecular flexibility index (Phi) is 6.09. The summed E-state index contributed by atoms with van der Waals surface area (Å²) in [5.74, 6) is 1.46. The van der Waals surface area contributed by atoms with Crippen LogP contribution in [-0.2, 0) is 6.42 Å². The molecule has 0 bridgehead atoms. The molecular weight excluding hydrogens is 492 g/mol. The molecule has 2 fully saturated rings. The molecule has 2 saturated heterocycles. The Bertz CT molecular complexity index is 1290. The van der Waals surface area contributed by atoms with Gasteiger partial charge < -0.3 is 27.0 Å². The number of pyridine rings is 1. The van der Waals surface area contributed by atoms with Crippen LogP contribution in [0.4, 0.5) is 23.1 Å². The van der Waals surface area contributed by atoms with Gasteiger partial charge in [0.1, 0.15) is 16.7 Å². The summed E-state index contributed by atoms with van der Waals surface area (Å²) in [4.78, 5) is 18.8. The number of nitrogens with zero attached hydrogens (tertiary/aromatic N) is 5. The molecule has 2 aliphatic heterocycles. The van der Waals surface area contributed by atoms with Gasteiger partial charge in [-0.05, 0) is 66.8 Å². The van der Waals surface area contributed by atoms with E-state index in [0.29, 0.717) is 15.9 Å². The van der Waals surface area contributed by atoms with Crippen molar-refractivity contribution in [1.29, 1.82) is 0 Å². The van der Waals surface area contributed by atoms with E-state index < -0.39 is 0 Å². The van der Waals surface area contributed by atoms with Gasteiger partial charge in [0.25, 0.3) is 0 Å². The molecule has 0 saturated carbocycles. The SMILES string of the molecule is Nc1nc(N2CCC3(CC2)Cc2ccc(N4CCCC4)cc2C3N)cnc1Sc1ccnc(N)c1Cl. The Balaban J connectivity index is 1.14. The number of nitrogen functional groups attached to an aromatic ring is 2. The molecule has 10 heteroatoms. The molecule has 1 atom stereocenters. The summed E-state index contributed by atoms with van der Waals surface area (Å²) >= 11 is 7.62. The van der Waals surface area contributed by atoms with Crippen molar-refractivity contribution >= 4 is 46.5 Å². The molecule has 0 radical (unpaired) electrons. The highest BCUT2D eigenvalue weighted by molar-refractivity contribution is 7.99. The third-order valence-corrected chi connectivity index (χ3v) is 9.64. The molecule has 36 heavy (non-hydrogen) atoms. The van der Waals surface area contributed by atoms with Crippen LogP contribution in [0.2, 0.25) is 5.02 Å². The summed E-state index contributed by atoms with van der Waals surface area (Å²) in [6.07, 6.45) is 9.06. The van der Waals surface area contributed by atoms with Crippen LogP contribution in [0, 0.1) is 5.41 Å². The monoisotopic (exact) mass is 522 g/mol. The molecule has 8 nitrogen and oxygen atoms in total. The fourth-order valence-corrected chi connectivity index (χ4v) is 6.95. The average molecular weight is 523 g/mol. The predicted molar refractivity (Wildman–Crippen MR) is 147 cm³/mol. The lowest BCUT2D eigenvalue weighted by Gasteiger charge is -2.42. The van der Waals surface area contributed by atoms with E-state index in [4.69, 9.17) is 28.8 Å². The molecule has 1 aromatic carbocycles. The normalized spacial score (nSPS) is 20.8. The van der Waals surface area contributed by atoms with Crippen molar-refractivity contribution in [2.45, 2.75) is 48.1 Å². The van der Waals surface area contributed by atoms with Crippen molar-refractivity contribution in [2.75, 3.05) is 47.4 Å². The van der Waals surface area contributed by atoms with E-state index in [1.54, 1.807) is 18.5 Å². The number of rotatable bonds is 4. The molecule has 4 heterocycles. The lowest BCUT2D eigenvalue weighted by atomic mass is 9.73. The van der Waals surface area contributed by atoms with E-state index >= 15 is 0 Å². The van der Waals surface area contributed by atoms with Crippen LogP contribution in [0.3, 0.4) is 0 Å². The smallest absolute Gasteiger partial charge is 0.158 e. The fourth-order valence-electron chi connectivity index (χ4n) is 5.93. The van der Waals surface area contributed by atoms with Gasteiger partial charge in [-0.3, -0.25) is 0 Å². The van der Waals surface area contributed by atoms with Crippen LogP contribution in [0.5, 0.6) is 0 Å². The Morgan fingerprint density at radius 2 is 1.75 bits per heavy atom. The quantitative estimate of drug-likeness (QED) is 0.460. The van der Waals surface area contributed by atoms with Crippen LogP contribution in [0.25, 0.3) is 0 Å². The number of nitrogens with two attached hydrogens (primary N) is 3. The molecule has 0 amide bonds. The third-order valence-electron chi connectivity index (χ3n) is 8.06. The molecule has 1 aliphatic carbocycles. The minimum absolute atomic E-state index is 0.0738. The second-order valence-electron chi connectivity index (χ2n) is 10.1. The van der Waals surface area contributed by atoms with Crippen LogP contribution >= 0.6 is 23.4 Å². The first-order chi connectivity index (χ1) is 17.4. The van der Waals surface area contributed by atoms with E-state index in [9.17, 15) is 0 Å². The van der Waals surface area contributed by atoms with Crippen molar-refractivity contribution in [3.05, 3.63) is 52.8 Å². The van der Waals surface area contributed by atoms with Crippen molar-refractivity contribution in [3.8, 4) is 0 Å². The highest BCUT2D eigenvalue weighted by Crippen LogP contribution is 2.52. The number of fused-ring (bicyclic) bond motifs is 1. The topological polar surface area (TPSA) is 123 Å². The lowest BCUT2D eigenvalue weighted by Crippen LogP contribution is -2.44. The molecule has 188 valence electrons. The summed E-state index contributed by atoms with van der Waals surface area (Å²) in [6, 6.07) is 8.83. The maximum atomic E-state index is 6.94. The van der Waals surface area contributed by atoms with Crippen LogP contribution < -0.4 is 27.0 Å². The highest BCUT2D eigenvalue weighted by Gasteiger charge is 2.46. The van der Waals surface area contributed by atoms with Gasteiger partial charge in [-0.1, -0.05) is 29.4 Å². The van der Waals surface area contributed by atoms with E-state index in [0.717, 1.165) is 56.2 Å². The molecule has 2 aromatic heterocycles. The number of aromatic nitrogens is 3. The zero-order valence-electron chi connectivity index (χ0n) is 20.2. The lowest BCUT2D eigenvalue weighted by molar-refractivity contribution is 0.187. The molecule has 3 aromatic rings. The van der Waals surface area contributed by atoms with Gasteiger partial charge in [0.15, 0.2) is 5.82 Å². The first kappa shape index (κ1) is 23.6. The van der Waals surface area contributed by atoms with E-state index in [1.165, 1.54) is 41.4 Å². The van der Waals surface area contributed by atoms with Crippen LogP contribution in [-0.4, -0.2) is 41.1 Å². The summed E-state index contributed by atoms with van der Waals surface area (Å²) in [5.41, 5.74) is 23.2. The summed E-state index contributed by atoms with van der Waals surface area (Å²) in [6.45, 7) is 4.07. The van der Waals surface area contributed by atoms with Gasteiger partial charge in [-0.2, -0.15) is 0 Å². The van der Waals surface area contributed by atoms with E-state index in [-0.39, 0.29) is 17.3 Å². The van der Waals surface area contributed by atoms with Crippen molar-refractivity contribution < 1.29 is 0 Å². The Hall–Kier alpha value is -2.75. The molecule has 1 spiro atoms. The Morgan fingerprint density at radius 3 is 2.50 bits per heavy atom. The number of piperidine rings is 1. The number of benzene rings is 1. The molecule has 6 N–H and O–H groups in total. The Labute approximate surface area is 220 Å². The third kappa shape index (κ3) is 4.13. The van der Waals surface area contributed by atoms with E-state index in [1.807, 2.05) is 0 Å². The summed E-state index contributed by atoms with van der Waals surface area (Å²) < 4.78 is 0. The maximum absolute atomic E-state index is 6.94. The molecular formula is C26H31ClN8S. The second kappa shape index (κ2) is 9.28. The zero-order chi connectivity index (χ0) is 24.9. The first-order valence-electron chi connectivity index (χ1n) is 12.5. The summed E-state index contributed by atoms with van der Waals surface area (Å²) in [5, 5.41) is 0.998. The van der Waals surface area contributed by atoms with Crippen LogP contribution in [0.15, 0.2) is 46.6 Å². The number of halogens is 1.